The molecule has 1 atom stereocenters. The van der Waals surface area contributed by atoms with Crippen LogP contribution in [0.3, 0.4) is 0 Å². The topological polar surface area (TPSA) is 144 Å². The third-order valence-electron chi connectivity index (χ3n) is 7.76. The molecule has 15 heteroatoms. The molecule has 0 saturated carbocycles. The Labute approximate surface area is 293 Å². The smallest absolute Gasteiger partial charge is 0.338 e. The van der Waals surface area contributed by atoms with Crippen molar-refractivity contribution in [1.82, 2.24) is 19.3 Å². The van der Waals surface area contributed by atoms with Crippen LogP contribution >= 0.6 is 34.7 Å². The van der Waals surface area contributed by atoms with Crippen molar-refractivity contribution >= 4 is 52.4 Å². The number of ether oxygens (including phenoxy) is 2. The summed E-state index contributed by atoms with van der Waals surface area (Å²) in [4.78, 5) is 44.6. The zero-order valence-corrected chi connectivity index (χ0v) is 29.1. The molecular weight excluding hydrogens is 688 g/mol. The molecule has 0 spiro atoms. The van der Waals surface area contributed by atoms with E-state index in [-0.39, 0.29) is 22.4 Å². The van der Waals surface area contributed by atoms with Gasteiger partial charge in [0.2, 0.25) is 0 Å². The van der Waals surface area contributed by atoms with Gasteiger partial charge in [0.1, 0.15) is 11.8 Å². The molecule has 0 amide bonds. The fourth-order valence-corrected chi connectivity index (χ4v) is 7.77. The molecule has 0 aliphatic carbocycles. The van der Waals surface area contributed by atoms with Crippen LogP contribution in [0.4, 0.5) is 5.69 Å². The number of rotatable bonds is 10. The Morgan fingerprint density at radius 3 is 2.63 bits per heavy atom. The maximum Gasteiger partial charge on any atom is 0.338 e. The van der Waals surface area contributed by atoms with Crippen molar-refractivity contribution in [3.05, 3.63) is 124 Å². The van der Waals surface area contributed by atoms with Gasteiger partial charge in [-0.05, 0) is 68.4 Å². The van der Waals surface area contributed by atoms with Crippen LogP contribution in [0.15, 0.2) is 97.8 Å². The molecule has 0 N–H and O–H groups in total. The number of para-hydroxylation sites is 1. The lowest BCUT2D eigenvalue weighted by Gasteiger charge is -2.25. The number of allylic oxidation sites excluding steroid dienone is 1. The second-order valence-corrected chi connectivity index (χ2v) is 13.1. The van der Waals surface area contributed by atoms with Gasteiger partial charge in [-0.2, -0.15) is 0 Å². The number of thiazole rings is 1. The van der Waals surface area contributed by atoms with Gasteiger partial charge in [0, 0.05) is 39.7 Å². The van der Waals surface area contributed by atoms with E-state index in [0.717, 1.165) is 16.9 Å². The molecular formula is C34H29ClN6O6S2. The standard InChI is InChI=1S/C34H29ClN6O6S2/c1-5-39-30(20-10-9-11-22(35)16-20)37-38-34(39)48-26-15-14-23(41(44)45)17-21(26)18-27-31(42)40-29(24-12-7-8-13-25(24)46-4)28(32(43)47-6-2)19(3)36-33(40)49-27/h7-18,29H,5-6H2,1-4H3/b27-18+/t29-/m1/s1. The number of carbonyl (C=O) groups is 1. The number of carbonyl (C=O) groups excluding carboxylic acids is 1. The molecule has 1 aliphatic heterocycles. The number of nitro groups is 1. The van der Waals surface area contributed by atoms with Crippen molar-refractivity contribution in [2.24, 2.45) is 4.99 Å². The second kappa shape index (κ2) is 14.2. The number of hydrogen-bond donors (Lipinski definition) is 0. The SMILES string of the molecule is CCOC(=O)C1=C(C)N=c2s/c(=C/c3cc([N+](=O)[O-])ccc3Sc3nnc(-c4cccc(Cl)c4)n3CC)c(=O)n2[C@@H]1c1ccccc1OC. The zero-order valence-electron chi connectivity index (χ0n) is 26.7. The normalized spacial score (nSPS) is 14.4. The molecule has 5 aromatic rings. The van der Waals surface area contributed by atoms with E-state index >= 15 is 0 Å². The van der Waals surface area contributed by atoms with Gasteiger partial charge in [-0.25, -0.2) is 9.79 Å². The quantitative estimate of drug-likeness (QED) is 0.0996. The van der Waals surface area contributed by atoms with Crippen LogP contribution in [-0.2, 0) is 16.1 Å². The molecule has 3 heterocycles. The third kappa shape index (κ3) is 6.54. The minimum absolute atomic E-state index is 0.137. The highest BCUT2D eigenvalue weighted by Gasteiger charge is 2.35. The van der Waals surface area contributed by atoms with Gasteiger partial charge in [-0.15, -0.1) is 10.2 Å². The maximum absolute atomic E-state index is 14.3. The highest BCUT2D eigenvalue weighted by molar-refractivity contribution is 7.99. The fourth-order valence-electron chi connectivity index (χ4n) is 5.56. The first kappa shape index (κ1) is 33.8. The average molecular weight is 717 g/mol. The molecule has 2 aromatic heterocycles. The van der Waals surface area contributed by atoms with E-state index in [4.69, 9.17) is 21.1 Å². The number of methoxy groups -OCH3 is 1. The first-order chi connectivity index (χ1) is 23.6. The first-order valence-corrected chi connectivity index (χ1v) is 17.1. The van der Waals surface area contributed by atoms with Gasteiger partial charge in [0.15, 0.2) is 15.8 Å². The highest BCUT2D eigenvalue weighted by Crippen LogP contribution is 2.37. The summed E-state index contributed by atoms with van der Waals surface area (Å²) in [6.07, 6.45) is 1.60. The predicted octanol–water partition coefficient (Wildman–Crippen LogP) is 5.80. The minimum Gasteiger partial charge on any atom is -0.496 e. The van der Waals surface area contributed by atoms with Crippen molar-refractivity contribution in [3.63, 3.8) is 0 Å². The number of nitrogens with zero attached hydrogens (tertiary/aromatic N) is 6. The van der Waals surface area contributed by atoms with Crippen LogP contribution in [0.25, 0.3) is 17.5 Å². The average Bonchev–Trinajstić information content (AvgIpc) is 3.64. The number of benzene rings is 3. The van der Waals surface area contributed by atoms with E-state index in [1.165, 1.54) is 35.6 Å². The lowest BCUT2D eigenvalue weighted by molar-refractivity contribution is -0.384. The molecule has 1 aliphatic rings. The van der Waals surface area contributed by atoms with Gasteiger partial charge in [0.05, 0.1) is 34.4 Å². The van der Waals surface area contributed by atoms with Crippen LogP contribution in [0.2, 0.25) is 5.02 Å². The maximum atomic E-state index is 14.3. The summed E-state index contributed by atoms with van der Waals surface area (Å²) in [7, 11) is 1.52. The monoisotopic (exact) mass is 716 g/mol. The van der Waals surface area contributed by atoms with E-state index in [1.807, 2.05) is 23.6 Å². The van der Waals surface area contributed by atoms with Gasteiger partial charge >= 0.3 is 5.97 Å². The van der Waals surface area contributed by atoms with Crippen molar-refractivity contribution < 1.29 is 19.2 Å². The van der Waals surface area contributed by atoms with E-state index in [9.17, 15) is 19.7 Å². The number of hydrogen-bond acceptors (Lipinski definition) is 11. The van der Waals surface area contributed by atoms with Crippen LogP contribution in [0, 0.1) is 10.1 Å². The Morgan fingerprint density at radius 2 is 1.92 bits per heavy atom. The lowest BCUT2D eigenvalue weighted by atomic mass is 9.95. The van der Waals surface area contributed by atoms with Crippen molar-refractivity contribution in [1.29, 1.82) is 0 Å². The van der Waals surface area contributed by atoms with E-state index in [1.54, 1.807) is 62.4 Å². The van der Waals surface area contributed by atoms with Crippen molar-refractivity contribution in [2.75, 3.05) is 13.7 Å². The predicted molar refractivity (Wildman–Crippen MR) is 187 cm³/mol. The van der Waals surface area contributed by atoms with E-state index in [0.29, 0.717) is 54.8 Å². The van der Waals surface area contributed by atoms with Gasteiger partial charge < -0.3 is 14.0 Å². The molecule has 6 rings (SSSR count). The van der Waals surface area contributed by atoms with Crippen LogP contribution < -0.4 is 19.6 Å². The third-order valence-corrected chi connectivity index (χ3v) is 10.1. The largest absolute Gasteiger partial charge is 0.496 e. The van der Waals surface area contributed by atoms with Crippen LogP contribution in [0.5, 0.6) is 5.75 Å². The number of nitro benzene ring substituents is 1. The van der Waals surface area contributed by atoms with Crippen molar-refractivity contribution in [2.45, 2.75) is 43.4 Å². The molecule has 49 heavy (non-hydrogen) atoms. The summed E-state index contributed by atoms with van der Waals surface area (Å²) in [5.41, 5.74) is 1.84. The summed E-state index contributed by atoms with van der Waals surface area (Å²) in [5, 5.41) is 21.8. The van der Waals surface area contributed by atoms with Gasteiger partial charge in [-0.3, -0.25) is 19.5 Å². The molecule has 0 bridgehead atoms. The summed E-state index contributed by atoms with van der Waals surface area (Å²) in [6.45, 7) is 6.05. The summed E-state index contributed by atoms with van der Waals surface area (Å²) < 4.78 is 14.6. The molecule has 3 aromatic carbocycles. The van der Waals surface area contributed by atoms with Gasteiger partial charge in [-0.1, -0.05) is 53.3 Å². The molecule has 0 unspecified atom stereocenters. The number of fused-ring (bicyclic) bond motifs is 1. The number of halogens is 1. The fraction of sp³-hybridized carbons (Fsp3) is 0.206. The van der Waals surface area contributed by atoms with Gasteiger partial charge in [0.25, 0.3) is 11.2 Å². The second-order valence-electron chi connectivity index (χ2n) is 10.7. The van der Waals surface area contributed by atoms with E-state index in [2.05, 4.69) is 15.2 Å². The van der Waals surface area contributed by atoms with E-state index < -0.39 is 22.5 Å². The summed E-state index contributed by atoms with van der Waals surface area (Å²) >= 11 is 8.62. The number of esters is 1. The first-order valence-electron chi connectivity index (χ1n) is 15.1. The summed E-state index contributed by atoms with van der Waals surface area (Å²) in [5.74, 6) is 0.505. The minimum atomic E-state index is -0.888. The number of aromatic nitrogens is 4. The molecule has 0 saturated heterocycles. The highest BCUT2D eigenvalue weighted by atomic mass is 35.5. The molecule has 12 nitrogen and oxygen atoms in total. The molecule has 250 valence electrons. The Balaban J connectivity index is 1.51. The molecule has 0 fully saturated rings. The lowest BCUT2D eigenvalue weighted by Crippen LogP contribution is -2.40. The molecule has 0 radical (unpaired) electrons. The van der Waals surface area contributed by atoms with Crippen molar-refractivity contribution in [3.8, 4) is 17.1 Å². The Morgan fingerprint density at radius 1 is 1.12 bits per heavy atom. The Kier molecular flexibility index (Phi) is 9.81. The Bertz CT molecular complexity index is 2330. The van der Waals surface area contributed by atoms with Crippen LogP contribution in [-0.4, -0.2) is 43.9 Å². The Hall–Kier alpha value is -5.05. The van der Waals surface area contributed by atoms with Crippen LogP contribution in [0.1, 0.15) is 37.9 Å². The zero-order chi connectivity index (χ0) is 34.8. The number of non-ortho nitro benzene ring substituents is 1. The summed E-state index contributed by atoms with van der Waals surface area (Å²) in [6, 6.07) is 18.0.